The predicted octanol–water partition coefficient (Wildman–Crippen LogP) is 4.04. The van der Waals surface area contributed by atoms with Crippen LogP contribution in [0.4, 0.5) is 17.3 Å². The first-order chi connectivity index (χ1) is 11.4. The number of sulfonamides is 1. The Morgan fingerprint density at radius 3 is 2.46 bits per heavy atom. The van der Waals surface area contributed by atoms with E-state index in [-0.39, 0.29) is 10.0 Å². The number of aryl methyl sites for hydroxylation is 1. The molecule has 2 N–H and O–H groups in total. The van der Waals surface area contributed by atoms with Gasteiger partial charge in [0, 0.05) is 10.7 Å². The van der Waals surface area contributed by atoms with Gasteiger partial charge in [-0.15, -0.1) is 21.5 Å². The Balaban J connectivity index is 1.74. The van der Waals surface area contributed by atoms with Crippen LogP contribution >= 0.6 is 22.9 Å². The summed E-state index contributed by atoms with van der Waals surface area (Å²) in [6.45, 7) is 1.92. The van der Waals surface area contributed by atoms with Gasteiger partial charge in [-0.1, -0.05) is 17.7 Å². The molecule has 0 aliphatic heterocycles. The van der Waals surface area contributed by atoms with Gasteiger partial charge in [0.15, 0.2) is 11.6 Å². The molecule has 0 fully saturated rings. The monoisotopic (exact) mass is 380 g/mol. The zero-order chi connectivity index (χ0) is 17.2. The van der Waals surface area contributed by atoms with Crippen LogP contribution in [0.15, 0.2) is 52.1 Å². The maximum Gasteiger partial charge on any atom is 0.272 e. The summed E-state index contributed by atoms with van der Waals surface area (Å²) in [4.78, 5) is 0. The summed E-state index contributed by atoms with van der Waals surface area (Å²) in [7, 11) is -3.62. The van der Waals surface area contributed by atoms with Crippen LogP contribution in [0, 0.1) is 6.92 Å². The molecule has 3 aromatic rings. The van der Waals surface area contributed by atoms with E-state index in [0.29, 0.717) is 10.8 Å². The highest BCUT2D eigenvalue weighted by Crippen LogP contribution is 2.23. The molecule has 0 unspecified atom stereocenters. The van der Waals surface area contributed by atoms with Crippen molar-refractivity contribution in [2.24, 2.45) is 0 Å². The summed E-state index contributed by atoms with van der Waals surface area (Å²) in [6.07, 6.45) is 0. The zero-order valence-corrected chi connectivity index (χ0v) is 14.9. The third kappa shape index (κ3) is 3.84. The predicted molar refractivity (Wildman–Crippen MR) is 96.6 cm³/mol. The largest absolute Gasteiger partial charge is 0.339 e. The molecule has 0 aliphatic rings. The van der Waals surface area contributed by atoms with Crippen LogP contribution in [-0.2, 0) is 10.0 Å². The molecular formula is C15H13ClN4O2S2. The summed E-state index contributed by atoms with van der Waals surface area (Å²) in [5, 5.41) is 13.3. The van der Waals surface area contributed by atoms with Crippen molar-refractivity contribution in [2.75, 3.05) is 10.0 Å². The second-order valence-electron chi connectivity index (χ2n) is 4.93. The number of nitrogens with zero attached hydrogens (tertiary/aromatic N) is 2. The van der Waals surface area contributed by atoms with Crippen LogP contribution in [0.1, 0.15) is 5.56 Å². The topological polar surface area (TPSA) is 84.0 Å². The van der Waals surface area contributed by atoms with Crippen LogP contribution in [0.25, 0.3) is 0 Å². The van der Waals surface area contributed by atoms with Gasteiger partial charge in [-0.05, 0) is 54.3 Å². The minimum absolute atomic E-state index is 0.154. The minimum atomic E-state index is -3.62. The minimum Gasteiger partial charge on any atom is -0.339 e. The number of nitrogens with one attached hydrogen (secondary N) is 2. The molecule has 2 aromatic heterocycles. The van der Waals surface area contributed by atoms with Gasteiger partial charge in [-0.3, -0.25) is 4.72 Å². The lowest BCUT2D eigenvalue weighted by Crippen LogP contribution is -2.13. The van der Waals surface area contributed by atoms with Gasteiger partial charge in [0.25, 0.3) is 10.0 Å². The third-order valence-corrected chi connectivity index (χ3v) is 6.10. The first-order valence-electron chi connectivity index (χ1n) is 6.87. The zero-order valence-electron chi connectivity index (χ0n) is 12.5. The first-order valence-corrected chi connectivity index (χ1v) is 9.61. The maximum absolute atomic E-state index is 12.1. The van der Waals surface area contributed by atoms with Crippen LogP contribution in [0.3, 0.4) is 0 Å². The molecule has 0 saturated carbocycles. The fraction of sp³-hybridized carbons (Fsp3) is 0.0667. The van der Waals surface area contributed by atoms with E-state index in [0.717, 1.165) is 22.6 Å². The van der Waals surface area contributed by atoms with Gasteiger partial charge in [0.1, 0.15) is 4.21 Å². The van der Waals surface area contributed by atoms with E-state index in [1.54, 1.807) is 29.6 Å². The summed E-state index contributed by atoms with van der Waals surface area (Å²) in [5.41, 5.74) is 1.81. The fourth-order valence-electron chi connectivity index (χ4n) is 1.96. The lowest BCUT2D eigenvalue weighted by Gasteiger charge is -2.09. The Bertz CT molecular complexity index is 942. The van der Waals surface area contributed by atoms with Gasteiger partial charge in [-0.2, -0.15) is 0 Å². The molecule has 0 saturated heterocycles. The molecule has 0 spiro atoms. The molecule has 6 nitrogen and oxygen atoms in total. The summed E-state index contributed by atoms with van der Waals surface area (Å²) < 4.78 is 26.9. The molecule has 24 heavy (non-hydrogen) atoms. The summed E-state index contributed by atoms with van der Waals surface area (Å²) in [5.74, 6) is 0.654. The summed E-state index contributed by atoms with van der Waals surface area (Å²) in [6, 6.07) is 11.8. The Morgan fingerprint density at radius 2 is 1.83 bits per heavy atom. The number of hydrogen-bond acceptors (Lipinski definition) is 6. The van der Waals surface area contributed by atoms with E-state index < -0.39 is 10.0 Å². The quantitative estimate of drug-likeness (QED) is 0.697. The number of benzene rings is 1. The maximum atomic E-state index is 12.1. The van der Waals surface area contributed by atoms with E-state index >= 15 is 0 Å². The van der Waals surface area contributed by atoms with E-state index in [1.807, 2.05) is 19.1 Å². The first kappa shape index (κ1) is 16.7. The molecule has 0 atom stereocenters. The van der Waals surface area contributed by atoms with Gasteiger partial charge >= 0.3 is 0 Å². The SMILES string of the molecule is Cc1cc(Cl)ccc1Nc1ccc(NS(=O)(=O)c2cccs2)nn1. The molecular weight excluding hydrogens is 368 g/mol. The van der Waals surface area contributed by atoms with Crippen molar-refractivity contribution in [3.63, 3.8) is 0 Å². The van der Waals surface area contributed by atoms with Gasteiger partial charge in [0.05, 0.1) is 0 Å². The Hall–Kier alpha value is -2.16. The second-order valence-corrected chi connectivity index (χ2v) is 8.22. The van der Waals surface area contributed by atoms with Crippen LogP contribution in [0.2, 0.25) is 5.02 Å². The molecule has 0 bridgehead atoms. The highest BCUT2D eigenvalue weighted by molar-refractivity contribution is 7.94. The van der Waals surface area contributed by atoms with Crippen molar-refractivity contribution in [2.45, 2.75) is 11.1 Å². The van der Waals surface area contributed by atoms with Crippen LogP contribution in [-0.4, -0.2) is 18.6 Å². The van der Waals surface area contributed by atoms with Gasteiger partial charge in [-0.25, -0.2) is 8.42 Å². The molecule has 9 heteroatoms. The van der Waals surface area contributed by atoms with Crippen molar-refractivity contribution in [1.29, 1.82) is 0 Å². The van der Waals surface area contributed by atoms with E-state index in [4.69, 9.17) is 11.6 Å². The molecule has 1 aromatic carbocycles. The van der Waals surface area contributed by atoms with E-state index in [2.05, 4.69) is 20.2 Å². The van der Waals surface area contributed by atoms with Gasteiger partial charge < -0.3 is 5.32 Å². The van der Waals surface area contributed by atoms with Crippen molar-refractivity contribution >= 4 is 50.3 Å². The molecule has 3 rings (SSSR count). The molecule has 0 radical (unpaired) electrons. The van der Waals surface area contributed by atoms with Crippen LogP contribution < -0.4 is 10.0 Å². The Morgan fingerprint density at radius 1 is 1.08 bits per heavy atom. The highest BCUT2D eigenvalue weighted by Gasteiger charge is 2.16. The summed E-state index contributed by atoms with van der Waals surface area (Å²) >= 11 is 7.06. The standard InChI is InChI=1S/C15H13ClN4O2S2/c1-10-9-11(16)4-5-12(10)17-13-6-7-14(19-18-13)20-24(21,22)15-3-2-8-23-15/h2-9H,1H3,(H,17,18)(H,19,20). The number of hydrogen-bond donors (Lipinski definition) is 2. The van der Waals surface area contributed by atoms with Crippen molar-refractivity contribution in [3.05, 3.63) is 58.4 Å². The number of rotatable bonds is 5. The lowest BCUT2D eigenvalue weighted by atomic mass is 10.2. The Kier molecular flexibility index (Phi) is 4.70. The van der Waals surface area contributed by atoms with Crippen LogP contribution in [0.5, 0.6) is 0 Å². The Labute approximate surface area is 148 Å². The number of aromatic nitrogens is 2. The van der Waals surface area contributed by atoms with E-state index in [9.17, 15) is 8.42 Å². The second kappa shape index (κ2) is 6.76. The fourth-order valence-corrected chi connectivity index (χ4v) is 4.18. The lowest BCUT2D eigenvalue weighted by molar-refractivity contribution is 0.603. The normalized spacial score (nSPS) is 11.2. The molecule has 124 valence electrons. The van der Waals surface area contributed by atoms with Crippen molar-refractivity contribution < 1.29 is 8.42 Å². The number of thiophene rings is 1. The van der Waals surface area contributed by atoms with E-state index in [1.165, 1.54) is 6.07 Å². The van der Waals surface area contributed by atoms with Gasteiger partial charge in [0.2, 0.25) is 0 Å². The highest BCUT2D eigenvalue weighted by atomic mass is 35.5. The van der Waals surface area contributed by atoms with Crippen molar-refractivity contribution in [3.8, 4) is 0 Å². The molecule has 2 heterocycles. The molecule has 0 aliphatic carbocycles. The number of anilines is 3. The third-order valence-electron chi connectivity index (χ3n) is 3.11. The smallest absolute Gasteiger partial charge is 0.272 e. The average molecular weight is 381 g/mol. The average Bonchev–Trinajstić information content (AvgIpc) is 3.07. The molecule has 0 amide bonds. The van der Waals surface area contributed by atoms with Crippen molar-refractivity contribution in [1.82, 2.24) is 10.2 Å². The number of halogens is 1.